The molecule has 0 radical (unpaired) electrons. The minimum atomic E-state index is -0.824. The Hall–Kier alpha value is -3.55. The molecule has 0 spiro atoms. The molecule has 2 N–H and O–H groups in total. The molecule has 36 heavy (non-hydrogen) atoms. The van der Waals surface area contributed by atoms with E-state index >= 15 is 0 Å². The summed E-state index contributed by atoms with van der Waals surface area (Å²) in [7, 11) is 0. The number of unbranched alkanes of at least 4 members (excludes halogenated alkanes) is 1. The first kappa shape index (κ1) is 27.0. The summed E-state index contributed by atoms with van der Waals surface area (Å²) in [4.78, 5) is 36.8. The first-order valence-electron chi connectivity index (χ1n) is 12.6. The molecule has 1 atom stereocenters. The Morgan fingerprint density at radius 3 is 2.14 bits per heavy atom. The maximum atomic E-state index is 12.7. The zero-order valence-corrected chi connectivity index (χ0v) is 21.3. The molecule has 1 aliphatic rings. The van der Waals surface area contributed by atoms with Crippen LogP contribution in [0.4, 0.5) is 9.59 Å². The third kappa shape index (κ3) is 7.47. The van der Waals surface area contributed by atoms with Crippen LogP contribution in [0.25, 0.3) is 11.1 Å². The number of esters is 1. The van der Waals surface area contributed by atoms with Crippen LogP contribution in [0.15, 0.2) is 48.5 Å². The van der Waals surface area contributed by atoms with E-state index in [4.69, 9.17) is 14.2 Å². The lowest BCUT2D eigenvalue weighted by Crippen LogP contribution is -2.42. The lowest BCUT2D eigenvalue weighted by atomic mass is 9.98. The van der Waals surface area contributed by atoms with Gasteiger partial charge in [-0.1, -0.05) is 55.5 Å². The zero-order valence-electron chi connectivity index (χ0n) is 21.3. The minimum absolute atomic E-state index is 0.0645. The van der Waals surface area contributed by atoms with Crippen molar-refractivity contribution < 1.29 is 28.6 Å². The van der Waals surface area contributed by atoms with E-state index < -0.39 is 24.2 Å². The summed E-state index contributed by atoms with van der Waals surface area (Å²) in [6, 6.07) is 15.4. The Morgan fingerprint density at radius 1 is 0.889 bits per heavy atom. The summed E-state index contributed by atoms with van der Waals surface area (Å²) in [6.45, 7) is 6.32. The van der Waals surface area contributed by atoms with Crippen LogP contribution in [0.1, 0.15) is 63.5 Å². The molecule has 0 fully saturated rings. The predicted octanol–water partition coefficient (Wildman–Crippen LogP) is 5.15. The van der Waals surface area contributed by atoms with E-state index in [1.807, 2.05) is 31.2 Å². The number of fused-ring (bicyclic) bond motifs is 3. The number of nitrogens with one attached hydrogen (secondary N) is 2. The summed E-state index contributed by atoms with van der Waals surface area (Å²) in [5, 5.41) is 5.35. The summed E-state index contributed by atoms with van der Waals surface area (Å²) >= 11 is 0. The van der Waals surface area contributed by atoms with Crippen molar-refractivity contribution in [3.8, 4) is 11.1 Å². The van der Waals surface area contributed by atoms with E-state index in [0.717, 1.165) is 22.3 Å². The van der Waals surface area contributed by atoms with Crippen LogP contribution in [0.3, 0.4) is 0 Å². The van der Waals surface area contributed by atoms with Gasteiger partial charge in [0.25, 0.3) is 0 Å². The Balaban J connectivity index is 1.53. The highest BCUT2D eigenvalue weighted by molar-refractivity contribution is 5.82. The Morgan fingerprint density at radius 2 is 1.53 bits per heavy atom. The Kier molecular flexibility index (Phi) is 10.2. The molecular formula is C28H36N2O6. The molecule has 2 amide bonds. The fraction of sp³-hybridized carbons (Fsp3) is 0.464. The molecule has 0 aliphatic heterocycles. The van der Waals surface area contributed by atoms with Gasteiger partial charge in [-0.3, -0.25) is 0 Å². The van der Waals surface area contributed by atoms with Crippen LogP contribution in [0.5, 0.6) is 0 Å². The number of hydrogen-bond donors (Lipinski definition) is 2. The van der Waals surface area contributed by atoms with E-state index in [9.17, 15) is 14.4 Å². The molecule has 0 aromatic heterocycles. The van der Waals surface area contributed by atoms with Crippen LogP contribution < -0.4 is 10.6 Å². The van der Waals surface area contributed by atoms with Crippen LogP contribution in [0, 0.1) is 0 Å². The van der Waals surface area contributed by atoms with Gasteiger partial charge < -0.3 is 24.8 Å². The number of benzene rings is 2. The van der Waals surface area contributed by atoms with Crippen molar-refractivity contribution in [2.24, 2.45) is 0 Å². The summed E-state index contributed by atoms with van der Waals surface area (Å²) in [5.41, 5.74) is 4.53. The summed E-state index contributed by atoms with van der Waals surface area (Å²) in [5.74, 6) is -0.553. The first-order chi connectivity index (χ1) is 17.4. The quantitative estimate of drug-likeness (QED) is 0.239. The van der Waals surface area contributed by atoms with Gasteiger partial charge in [-0.25, -0.2) is 14.4 Å². The molecule has 0 unspecified atom stereocenters. The van der Waals surface area contributed by atoms with Crippen molar-refractivity contribution in [1.82, 2.24) is 10.6 Å². The van der Waals surface area contributed by atoms with Crippen molar-refractivity contribution in [2.75, 3.05) is 19.8 Å². The van der Waals surface area contributed by atoms with Crippen LogP contribution >= 0.6 is 0 Å². The number of amides is 2. The number of ether oxygens (including phenoxy) is 3. The van der Waals surface area contributed by atoms with Gasteiger partial charge in [0.15, 0.2) is 0 Å². The molecule has 1 aliphatic carbocycles. The number of carbonyl (C=O) groups is 3. The first-order valence-corrected chi connectivity index (χ1v) is 12.6. The molecule has 8 nitrogen and oxygen atoms in total. The van der Waals surface area contributed by atoms with Gasteiger partial charge in [0.1, 0.15) is 12.6 Å². The average molecular weight is 497 g/mol. The highest BCUT2D eigenvalue weighted by Crippen LogP contribution is 2.44. The zero-order chi connectivity index (χ0) is 25.9. The second kappa shape index (κ2) is 13.5. The highest BCUT2D eigenvalue weighted by atomic mass is 16.6. The molecule has 2 aromatic rings. The number of hydrogen-bond acceptors (Lipinski definition) is 6. The number of rotatable bonds is 12. The lowest BCUT2D eigenvalue weighted by molar-refractivity contribution is -0.146. The number of alkyl carbamates (subject to hydrolysis) is 2. The van der Waals surface area contributed by atoms with Crippen LogP contribution in [-0.2, 0) is 19.0 Å². The second-order valence-electron chi connectivity index (χ2n) is 9.07. The number of carbonyl (C=O) groups excluding carboxylic acids is 3. The summed E-state index contributed by atoms with van der Waals surface area (Å²) in [6.07, 6.45) is 0.951. The smallest absolute Gasteiger partial charge is 0.407 e. The predicted molar refractivity (Wildman–Crippen MR) is 137 cm³/mol. The van der Waals surface area contributed by atoms with E-state index in [2.05, 4.69) is 34.9 Å². The lowest BCUT2D eigenvalue weighted by Gasteiger charge is -2.19. The highest BCUT2D eigenvalue weighted by Gasteiger charge is 2.30. The van der Waals surface area contributed by atoms with Crippen LogP contribution in [-0.4, -0.2) is 50.1 Å². The van der Waals surface area contributed by atoms with Crippen molar-refractivity contribution in [3.05, 3.63) is 59.7 Å². The molecule has 0 heterocycles. The average Bonchev–Trinajstić information content (AvgIpc) is 3.18. The van der Waals surface area contributed by atoms with Crippen molar-refractivity contribution in [3.63, 3.8) is 0 Å². The molecule has 2 aromatic carbocycles. The molecule has 194 valence electrons. The minimum Gasteiger partial charge on any atom is -0.464 e. The summed E-state index contributed by atoms with van der Waals surface area (Å²) < 4.78 is 15.9. The van der Waals surface area contributed by atoms with Gasteiger partial charge in [0.2, 0.25) is 0 Å². The third-order valence-electron chi connectivity index (χ3n) is 5.90. The largest absolute Gasteiger partial charge is 0.464 e. The van der Waals surface area contributed by atoms with Crippen molar-refractivity contribution >= 4 is 18.2 Å². The SMILES string of the molecule is CCCOC(=O)[C@H](CCCCNC(=O)OC(C)C)NC(=O)OCC1c2ccccc2-c2ccccc21. The second-order valence-corrected chi connectivity index (χ2v) is 9.07. The van der Waals surface area contributed by atoms with Crippen LogP contribution in [0.2, 0.25) is 0 Å². The third-order valence-corrected chi connectivity index (χ3v) is 5.90. The monoisotopic (exact) mass is 496 g/mol. The van der Waals surface area contributed by atoms with Gasteiger partial charge in [0, 0.05) is 12.5 Å². The molecule has 8 heteroatoms. The van der Waals surface area contributed by atoms with Gasteiger partial charge in [-0.05, 0) is 61.8 Å². The maximum absolute atomic E-state index is 12.7. The van der Waals surface area contributed by atoms with Crippen molar-refractivity contribution in [1.29, 1.82) is 0 Å². The van der Waals surface area contributed by atoms with E-state index in [-0.39, 0.29) is 25.2 Å². The van der Waals surface area contributed by atoms with E-state index in [1.54, 1.807) is 13.8 Å². The molecule has 0 saturated heterocycles. The van der Waals surface area contributed by atoms with Gasteiger partial charge in [-0.2, -0.15) is 0 Å². The maximum Gasteiger partial charge on any atom is 0.407 e. The van der Waals surface area contributed by atoms with Gasteiger partial charge >= 0.3 is 18.2 Å². The standard InChI is InChI=1S/C28H36N2O6/c1-4-17-34-26(31)25(15-9-10-16-29-27(32)36-19(2)3)30-28(33)35-18-24-22-13-7-5-11-20(22)21-12-6-8-14-23(21)24/h5-8,11-14,19,24-25H,4,9-10,15-18H2,1-3H3,(H,29,32)(H,30,33)/t25-/m0/s1. The van der Waals surface area contributed by atoms with Gasteiger partial charge in [0.05, 0.1) is 12.7 Å². The normalized spacial score (nSPS) is 12.9. The van der Waals surface area contributed by atoms with Crippen molar-refractivity contribution in [2.45, 2.75) is 64.5 Å². The fourth-order valence-electron chi connectivity index (χ4n) is 4.25. The Labute approximate surface area is 212 Å². The molecular weight excluding hydrogens is 460 g/mol. The topological polar surface area (TPSA) is 103 Å². The van der Waals surface area contributed by atoms with Gasteiger partial charge in [-0.15, -0.1) is 0 Å². The molecule has 3 rings (SSSR count). The Bertz CT molecular complexity index is 993. The fourth-order valence-corrected chi connectivity index (χ4v) is 4.25. The van der Waals surface area contributed by atoms with E-state index in [1.165, 1.54) is 0 Å². The molecule has 0 bridgehead atoms. The van der Waals surface area contributed by atoms with E-state index in [0.29, 0.717) is 32.2 Å². The molecule has 0 saturated carbocycles.